The molecule has 5 heteroatoms. The smallest absolute Gasteiger partial charge is 0.252 e. The van der Waals surface area contributed by atoms with E-state index in [1.165, 1.54) is 0 Å². The van der Waals surface area contributed by atoms with Crippen molar-refractivity contribution in [2.45, 2.75) is 26.5 Å². The van der Waals surface area contributed by atoms with Crippen molar-refractivity contribution in [1.82, 2.24) is 4.57 Å². The lowest BCUT2D eigenvalue weighted by Gasteiger charge is -2.17. The van der Waals surface area contributed by atoms with Crippen molar-refractivity contribution >= 4 is 11.7 Å². The summed E-state index contributed by atoms with van der Waals surface area (Å²) in [5, 5.41) is 3.12. The lowest BCUT2D eigenvalue weighted by Crippen LogP contribution is -2.17. The second-order valence-corrected chi connectivity index (χ2v) is 5.12. The molecule has 3 N–H and O–H groups in total. The lowest BCUT2D eigenvalue weighted by atomic mass is 10.1. The van der Waals surface area contributed by atoms with Crippen LogP contribution in [0.15, 0.2) is 36.5 Å². The monoisotopic (exact) mass is 301 g/mol. The van der Waals surface area contributed by atoms with Gasteiger partial charge in [0.15, 0.2) is 0 Å². The minimum Gasteiger partial charge on any atom is -0.375 e. The van der Waals surface area contributed by atoms with Gasteiger partial charge in [0.25, 0.3) is 5.91 Å². The van der Waals surface area contributed by atoms with Crippen molar-refractivity contribution in [3.05, 3.63) is 53.3 Å². The van der Waals surface area contributed by atoms with Crippen LogP contribution in [0.25, 0.3) is 0 Å². The summed E-state index contributed by atoms with van der Waals surface area (Å²) in [7, 11) is 1.80. The average Bonchev–Trinajstić information content (AvgIpc) is 2.85. The molecule has 0 radical (unpaired) electrons. The summed E-state index contributed by atoms with van der Waals surface area (Å²) in [4.78, 5) is 11.9. The highest BCUT2D eigenvalue weighted by Gasteiger charge is 2.27. The van der Waals surface area contributed by atoms with Gasteiger partial charge in [-0.3, -0.25) is 4.79 Å². The van der Waals surface area contributed by atoms with Gasteiger partial charge >= 0.3 is 0 Å². The van der Waals surface area contributed by atoms with Gasteiger partial charge in [-0.25, -0.2) is 0 Å². The zero-order valence-corrected chi connectivity index (χ0v) is 13.2. The number of carbonyl (C=O) groups excluding carboxylic acids is 1. The van der Waals surface area contributed by atoms with Gasteiger partial charge in [-0.1, -0.05) is 30.9 Å². The van der Waals surface area contributed by atoms with E-state index in [1.807, 2.05) is 31.2 Å². The molecule has 0 bridgehead atoms. The van der Waals surface area contributed by atoms with E-state index in [1.54, 1.807) is 7.05 Å². The number of amides is 1. The fourth-order valence-corrected chi connectivity index (χ4v) is 2.78. The molecule has 1 aliphatic rings. The number of nitrogens with one attached hydrogen (secondary N) is 1. The van der Waals surface area contributed by atoms with Gasteiger partial charge in [-0.2, -0.15) is 0 Å². The molecule has 1 aromatic heterocycles. The van der Waals surface area contributed by atoms with Crippen LogP contribution < -0.4 is 11.1 Å². The number of aromatic nitrogens is 1. The van der Waals surface area contributed by atoms with Crippen LogP contribution in [0.4, 0.5) is 5.82 Å². The van der Waals surface area contributed by atoms with Gasteiger partial charge in [0.05, 0.1) is 18.8 Å². The number of ether oxygens (including phenoxy) is 1. The summed E-state index contributed by atoms with van der Waals surface area (Å²) in [6.45, 7) is 7.55. The van der Waals surface area contributed by atoms with Crippen molar-refractivity contribution in [1.29, 1.82) is 0 Å². The van der Waals surface area contributed by atoms with Crippen molar-refractivity contribution in [2.75, 3.05) is 19.0 Å². The number of allylic oxidation sites excluding steroid dienone is 5. The van der Waals surface area contributed by atoms with Crippen LogP contribution in [-0.2, 0) is 24.3 Å². The van der Waals surface area contributed by atoms with Crippen molar-refractivity contribution in [3.8, 4) is 0 Å². The van der Waals surface area contributed by atoms with Crippen LogP contribution in [0.5, 0.6) is 0 Å². The highest BCUT2D eigenvalue weighted by Crippen LogP contribution is 2.31. The number of hydrogen-bond acceptors (Lipinski definition) is 3. The maximum absolute atomic E-state index is 11.9. The second kappa shape index (κ2) is 7.13. The van der Waals surface area contributed by atoms with E-state index in [9.17, 15) is 4.79 Å². The maximum atomic E-state index is 11.9. The second-order valence-electron chi connectivity index (χ2n) is 5.12. The van der Waals surface area contributed by atoms with E-state index in [4.69, 9.17) is 10.5 Å². The molecule has 0 saturated carbocycles. The summed E-state index contributed by atoms with van der Waals surface area (Å²) in [5.41, 5.74) is 9.23. The molecule has 5 nitrogen and oxygen atoms in total. The summed E-state index contributed by atoms with van der Waals surface area (Å²) in [5.74, 6) is 0.343. The zero-order chi connectivity index (χ0) is 16.1. The van der Waals surface area contributed by atoms with Crippen molar-refractivity contribution in [3.63, 3.8) is 0 Å². The van der Waals surface area contributed by atoms with Gasteiger partial charge in [0.2, 0.25) is 0 Å². The van der Waals surface area contributed by atoms with E-state index in [-0.39, 0.29) is 0 Å². The van der Waals surface area contributed by atoms with E-state index >= 15 is 0 Å². The molecule has 2 rings (SSSR count). The Labute approximate surface area is 131 Å². The van der Waals surface area contributed by atoms with E-state index in [2.05, 4.69) is 16.5 Å². The number of carbonyl (C=O) groups is 1. The Morgan fingerprint density at radius 1 is 1.55 bits per heavy atom. The fourth-order valence-electron chi connectivity index (χ4n) is 2.78. The first kappa shape index (κ1) is 16.1. The summed E-state index contributed by atoms with van der Waals surface area (Å²) >= 11 is 0. The Kier molecular flexibility index (Phi) is 5.22. The van der Waals surface area contributed by atoms with Gasteiger partial charge in [-0.15, -0.1) is 0 Å². The van der Waals surface area contributed by atoms with E-state index in [0.717, 1.165) is 22.6 Å². The topological polar surface area (TPSA) is 69.3 Å². The molecular formula is C17H23N3O2. The zero-order valence-electron chi connectivity index (χ0n) is 13.2. The van der Waals surface area contributed by atoms with Crippen LogP contribution in [0, 0.1) is 0 Å². The molecule has 2 heterocycles. The molecule has 1 aromatic rings. The Bertz CT molecular complexity index is 639. The molecule has 0 aliphatic carbocycles. The first-order valence-electron chi connectivity index (χ1n) is 7.37. The first-order valence-corrected chi connectivity index (χ1v) is 7.37. The minimum absolute atomic E-state index is 0.404. The van der Waals surface area contributed by atoms with Gasteiger partial charge in [0, 0.05) is 19.3 Å². The Balaban J connectivity index is 2.54. The Morgan fingerprint density at radius 2 is 2.32 bits per heavy atom. The largest absolute Gasteiger partial charge is 0.375 e. The SMILES string of the molecule is C=C/C(=C\C=C/C)Cn1c2c(c(C(N)=O)c1NC)CCOC2. The third kappa shape index (κ3) is 2.99. The quantitative estimate of drug-likeness (QED) is 0.793. The van der Waals surface area contributed by atoms with E-state index < -0.39 is 5.91 Å². The summed E-state index contributed by atoms with van der Waals surface area (Å²) in [6.07, 6.45) is 8.46. The number of nitrogens with zero attached hydrogens (tertiary/aromatic N) is 1. The number of fused-ring (bicyclic) bond motifs is 1. The first-order chi connectivity index (χ1) is 10.6. The van der Waals surface area contributed by atoms with Gasteiger partial charge in [0.1, 0.15) is 5.82 Å². The third-order valence-corrected chi connectivity index (χ3v) is 3.81. The molecule has 22 heavy (non-hydrogen) atoms. The number of anilines is 1. The Hall–Kier alpha value is -2.27. The fraction of sp³-hybridized carbons (Fsp3) is 0.353. The molecule has 0 fully saturated rings. The predicted molar refractivity (Wildman–Crippen MR) is 89.0 cm³/mol. The molecule has 0 aromatic carbocycles. The predicted octanol–water partition coefficient (Wildman–Crippen LogP) is 2.39. The number of primary amides is 1. The minimum atomic E-state index is -0.404. The van der Waals surface area contributed by atoms with Crippen LogP contribution in [-0.4, -0.2) is 24.1 Å². The summed E-state index contributed by atoms with van der Waals surface area (Å²) in [6, 6.07) is 0. The molecule has 0 unspecified atom stereocenters. The van der Waals surface area contributed by atoms with Crippen molar-refractivity contribution < 1.29 is 9.53 Å². The summed E-state index contributed by atoms with van der Waals surface area (Å²) < 4.78 is 7.63. The van der Waals surface area contributed by atoms with Crippen LogP contribution in [0.3, 0.4) is 0 Å². The molecular weight excluding hydrogens is 278 g/mol. The highest BCUT2D eigenvalue weighted by atomic mass is 16.5. The molecule has 0 spiro atoms. The average molecular weight is 301 g/mol. The highest BCUT2D eigenvalue weighted by molar-refractivity contribution is 6.00. The Morgan fingerprint density at radius 3 is 2.91 bits per heavy atom. The van der Waals surface area contributed by atoms with Gasteiger partial charge in [-0.05, 0) is 24.5 Å². The molecule has 118 valence electrons. The molecule has 0 saturated heterocycles. The van der Waals surface area contributed by atoms with Crippen LogP contribution in [0.2, 0.25) is 0 Å². The number of rotatable bonds is 6. The normalized spacial score (nSPS) is 14.9. The van der Waals surface area contributed by atoms with E-state index in [0.29, 0.717) is 31.7 Å². The molecule has 1 amide bonds. The molecule has 1 aliphatic heterocycles. The lowest BCUT2D eigenvalue weighted by molar-refractivity contribution is 0.0985. The third-order valence-electron chi connectivity index (χ3n) is 3.81. The number of hydrogen-bond donors (Lipinski definition) is 2. The van der Waals surface area contributed by atoms with Crippen LogP contribution in [0.1, 0.15) is 28.5 Å². The number of nitrogens with two attached hydrogens (primary N) is 1. The van der Waals surface area contributed by atoms with Crippen LogP contribution >= 0.6 is 0 Å². The van der Waals surface area contributed by atoms with Crippen molar-refractivity contribution in [2.24, 2.45) is 5.73 Å². The maximum Gasteiger partial charge on any atom is 0.252 e. The van der Waals surface area contributed by atoms with Gasteiger partial charge < -0.3 is 20.4 Å². The standard InChI is InChI=1S/C17H23N3O2/c1-4-6-7-12(5-2)10-20-14-11-22-9-8-13(14)15(16(18)21)17(20)19-3/h4-7,19H,2,8-11H2,1,3H3,(H2,18,21)/b6-4-,12-7+. The molecule has 0 atom stereocenters.